The Kier molecular flexibility index (Phi) is 2.37. The molecule has 1 N–H and O–H groups in total. The van der Waals surface area contributed by atoms with E-state index in [0.29, 0.717) is 12.2 Å². The molecule has 0 fully saturated rings. The highest BCUT2D eigenvalue weighted by molar-refractivity contribution is 6.29. The van der Waals surface area contributed by atoms with Crippen molar-refractivity contribution in [2.45, 2.75) is 6.42 Å². The van der Waals surface area contributed by atoms with Gasteiger partial charge >= 0.3 is 0 Å². The summed E-state index contributed by atoms with van der Waals surface area (Å²) in [6.07, 6.45) is 0.875. The fraction of sp³-hybridized carbons (Fsp3) is 0.167. The summed E-state index contributed by atoms with van der Waals surface area (Å²) in [7, 11) is 0. The van der Waals surface area contributed by atoms with Gasteiger partial charge in [0.15, 0.2) is 0 Å². The van der Waals surface area contributed by atoms with E-state index in [-0.39, 0.29) is 10.7 Å². The highest BCUT2D eigenvalue weighted by atomic mass is 35.5. The fourth-order valence-electron chi connectivity index (χ4n) is 2.01. The van der Waals surface area contributed by atoms with E-state index in [1.165, 1.54) is 0 Å². The van der Waals surface area contributed by atoms with Crippen LogP contribution in [0.2, 0.25) is 5.15 Å². The van der Waals surface area contributed by atoms with Crippen LogP contribution in [0, 0.1) is 0 Å². The Morgan fingerprint density at radius 2 is 2.24 bits per heavy atom. The van der Waals surface area contributed by atoms with Gasteiger partial charge in [0.05, 0.1) is 12.2 Å². The van der Waals surface area contributed by atoms with Crippen molar-refractivity contribution in [2.75, 3.05) is 6.61 Å². The standard InChI is InChI=1S/C12H9ClN2O2/c13-10-6-9(12(16)15-14-10)8-3-1-2-7-4-5-17-11(7)8/h1-3,6H,4-5H2,(H,15,16). The molecule has 1 aliphatic heterocycles. The monoisotopic (exact) mass is 248 g/mol. The van der Waals surface area contributed by atoms with E-state index in [1.54, 1.807) is 6.07 Å². The molecule has 0 atom stereocenters. The van der Waals surface area contributed by atoms with Gasteiger partial charge in [-0.1, -0.05) is 29.8 Å². The second kappa shape index (κ2) is 3.89. The largest absolute Gasteiger partial charge is 0.492 e. The van der Waals surface area contributed by atoms with E-state index < -0.39 is 0 Å². The molecule has 0 aliphatic carbocycles. The zero-order valence-electron chi connectivity index (χ0n) is 8.87. The molecule has 2 aromatic rings. The summed E-state index contributed by atoms with van der Waals surface area (Å²) in [4.78, 5) is 11.7. The number of halogens is 1. The average Bonchev–Trinajstić information content (AvgIpc) is 2.80. The van der Waals surface area contributed by atoms with E-state index in [2.05, 4.69) is 10.2 Å². The molecule has 0 saturated heterocycles. The van der Waals surface area contributed by atoms with E-state index >= 15 is 0 Å². The van der Waals surface area contributed by atoms with Gasteiger partial charge in [0, 0.05) is 12.0 Å². The first-order valence-corrected chi connectivity index (χ1v) is 5.64. The summed E-state index contributed by atoms with van der Waals surface area (Å²) in [5, 5.41) is 6.27. The predicted octanol–water partition coefficient (Wildman–Crippen LogP) is 2.03. The summed E-state index contributed by atoms with van der Waals surface area (Å²) in [5.74, 6) is 0.778. The van der Waals surface area contributed by atoms with E-state index in [4.69, 9.17) is 16.3 Å². The zero-order valence-corrected chi connectivity index (χ0v) is 9.62. The lowest BCUT2D eigenvalue weighted by Gasteiger charge is -2.07. The molecular formula is C12H9ClN2O2. The Bertz CT molecular complexity index is 637. The third kappa shape index (κ3) is 1.70. The summed E-state index contributed by atoms with van der Waals surface area (Å²) in [6.45, 7) is 0.656. The lowest BCUT2D eigenvalue weighted by atomic mass is 10.0. The number of aromatic nitrogens is 2. The SMILES string of the molecule is O=c1[nH]nc(Cl)cc1-c1cccc2c1OCC2. The second-order valence-corrected chi connectivity index (χ2v) is 4.21. The van der Waals surface area contributed by atoms with Crippen molar-refractivity contribution in [3.63, 3.8) is 0 Å². The van der Waals surface area contributed by atoms with Crippen molar-refractivity contribution < 1.29 is 4.74 Å². The summed E-state index contributed by atoms with van der Waals surface area (Å²) >= 11 is 5.80. The topological polar surface area (TPSA) is 55.0 Å². The molecule has 17 heavy (non-hydrogen) atoms. The number of fused-ring (bicyclic) bond motifs is 1. The molecule has 1 aliphatic rings. The molecule has 86 valence electrons. The summed E-state index contributed by atoms with van der Waals surface area (Å²) in [6, 6.07) is 7.32. The number of nitrogens with zero attached hydrogens (tertiary/aromatic N) is 1. The van der Waals surface area contributed by atoms with Crippen LogP contribution in [0.25, 0.3) is 11.1 Å². The Balaban J connectivity index is 2.26. The molecule has 1 aromatic carbocycles. The van der Waals surface area contributed by atoms with Gasteiger partial charge in [0.25, 0.3) is 5.56 Å². The van der Waals surface area contributed by atoms with Crippen molar-refractivity contribution in [1.29, 1.82) is 0 Å². The van der Waals surface area contributed by atoms with Gasteiger partial charge in [-0.2, -0.15) is 5.10 Å². The maximum absolute atomic E-state index is 11.7. The highest BCUT2D eigenvalue weighted by Crippen LogP contribution is 2.35. The molecule has 5 heteroatoms. The molecule has 4 nitrogen and oxygen atoms in total. The number of H-pyrrole nitrogens is 1. The quantitative estimate of drug-likeness (QED) is 0.840. The van der Waals surface area contributed by atoms with Crippen LogP contribution in [0.4, 0.5) is 0 Å². The smallest absolute Gasteiger partial charge is 0.272 e. The number of ether oxygens (including phenoxy) is 1. The van der Waals surface area contributed by atoms with Crippen molar-refractivity contribution in [1.82, 2.24) is 10.2 Å². The molecule has 0 unspecified atom stereocenters. The fourth-order valence-corrected chi connectivity index (χ4v) is 2.16. The van der Waals surface area contributed by atoms with Gasteiger partial charge in [0.1, 0.15) is 10.9 Å². The van der Waals surface area contributed by atoms with Gasteiger partial charge in [0.2, 0.25) is 0 Å². The highest BCUT2D eigenvalue weighted by Gasteiger charge is 2.18. The first-order valence-electron chi connectivity index (χ1n) is 5.26. The van der Waals surface area contributed by atoms with Crippen molar-refractivity contribution in [2.24, 2.45) is 0 Å². The van der Waals surface area contributed by atoms with Crippen LogP contribution >= 0.6 is 11.6 Å². The molecule has 0 bridgehead atoms. The Morgan fingerprint density at radius 3 is 3.12 bits per heavy atom. The molecular weight excluding hydrogens is 240 g/mol. The van der Waals surface area contributed by atoms with E-state index in [9.17, 15) is 4.79 Å². The number of nitrogens with one attached hydrogen (secondary N) is 1. The minimum Gasteiger partial charge on any atom is -0.492 e. The summed E-state index contributed by atoms with van der Waals surface area (Å²) in [5.41, 5.74) is 2.11. The molecule has 3 rings (SSSR count). The third-order valence-electron chi connectivity index (χ3n) is 2.78. The van der Waals surface area contributed by atoms with Crippen molar-refractivity contribution in [3.8, 4) is 16.9 Å². The molecule has 2 heterocycles. The summed E-state index contributed by atoms with van der Waals surface area (Å²) < 4.78 is 5.56. The Hall–Kier alpha value is -1.81. The average molecular weight is 249 g/mol. The molecule has 0 spiro atoms. The first kappa shape index (κ1) is 10.4. The number of rotatable bonds is 1. The maximum Gasteiger partial charge on any atom is 0.272 e. The number of para-hydroxylation sites is 1. The molecule has 0 amide bonds. The van der Waals surface area contributed by atoms with Crippen molar-refractivity contribution >= 4 is 11.6 Å². The Morgan fingerprint density at radius 1 is 1.35 bits per heavy atom. The first-order chi connectivity index (χ1) is 8.25. The van der Waals surface area contributed by atoms with E-state index in [1.807, 2.05) is 18.2 Å². The van der Waals surface area contributed by atoms with Gasteiger partial charge in [-0.05, 0) is 11.6 Å². The van der Waals surface area contributed by atoms with Crippen LogP contribution in [0.1, 0.15) is 5.56 Å². The minimum atomic E-state index is -0.265. The van der Waals surface area contributed by atoms with Gasteiger partial charge < -0.3 is 4.74 Å². The van der Waals surface area contributed by atoms with Crippen LogP contribution in [-0.4, -0.2) is 16.8 Å². The number of hydrogen-bond acceptors (Lipinski definition) is 3. The second-order valence-electron chi connectivity index (χ2n) is 3.83. The van der Waals surface area contributed by atoms with Crippen LogP contribution in [-0.2, 0) is 6.42 Å². The Labute approximate surface area is 102 Å². The molecule has 0 radical (unpaired) electrons. The van der Waals surface area contributed by atoms with Crippen LogP contribution < -0.4 is 10.3 Å². The van der Waals surface area contributed by atoms with Crippen LogP contribution in [0.5, 0.6) is 5.75 Å². The zero-order chi connectivity index (χ0) is 11.8. The normalized spacial score (nSPS) is 13.2. The maximum atomic E-state index is 11.7. The predicted molar refractivity (Wildman–Crippen MR) is 64.5 cm³/mol. The number of aromatic amines is 1. The van der Waals surface area contributed by atoms with Crippen LogP contribution in [0.15, 0.2) is 29.1 Å². The number of hydrogen-bond donors (Lipinski definition) is 1. The van der Waals surface area contributed by atoms with Crippen molar-refractivity contribution in [3.05, 3.63) is 45.3 Å². The van der Waals surface area contributed by atoms with Crippen LogP contribution in [0.3, 0.4) is 0 Å². The minimum absolute atomic E-state index is 0.259. The van der Waals surface area contributed by atoms with Gasteiger partial charge in [-0.15, -0.1) is 0 Å². The van der Waals surface area contributed by atoms with E-state index in [0.717, 1.165) is 23.3 Å². The number of benzene rings is 1. The van der Waals surface area contributed by atoms with Gasteiger partial charge in [-0.3, -0.25) is 4.79 Å². The lowest BCUT2D eigenvalue weighted by Crippen LogP contribution is -2.10. The lowest BCUT2D eigenvalue weighted by molar-refractivity contribution is 0.358. The third-order valence-corrected chi connectivity index (χ3v) is 2.97. The molecule has 1 aromatic heterocycles. The molecule has 0 saturated carbocycles. The van der Waals surface area contributed by atoms with Gasteiger partial charge in [-0.25, -0.2) is 5.10 Å².